The van der Waals surface area contributed by atoms with Crippen molar-refractivity contribution >= 4 is 11.5 Å². The minimum absolute atomic E-state index is 0.265. The summed E-state index contributed by atoms with van der Waals surface area (Å²) in [6.45, 7) is 4.16. The van der Waals surface area contributed by atoms with Gasteiger partial charge in [0.15, 0.2) is 5.78 Å². The number of carbonyl (C=O) groups is 1. The molecule has 0 radical (unpaired) electrons. The van der Waals surface area contributed by atoms with Crippen molar-refractivity contribution in [3.63, 3.8) is 0 Å². The number of para-hydroxylation sites is 1. The van der Waals surface area contributed by atoms with Gasteiger partial charge in [0.05, 0.1) is 0 Å². The second-order valence-electron chi connectivity index (χ2n) is 3.87. The smallest absolute Gasteiger partial charge is 0.166 e. The van der Waals surface area contributed by atoms with Gasteiger partial charge in [-0.05, 0) is 25.0 Å². The Morgan fingerprint density at radius 2 is 2.29 bits per heavy atom. The Balaban J connectivity index is 2.52. The van der Waals surface area contributed by atoms with Gasteiger partial charge in [-0.25, -0.2) is 0 Å². The fraction of sp³-hybridized carbons (Fsp3) is 0.417. The molecule has 14 heavy (non-hydrogen) atoms. The Morgan fingerprint density at radius 1 is 1.50 bits per heavy atom. The number of benzene rings is 1. The van der Waals surface area contributed by atoms with E-state index in [0.717, 1.165) is 17.7 Å². The molecule has 2 heteroatoms. The van der Waals surface area contributed by atoms with Gasteiger partial charge in [0, 0.05) is 23.7 Å². The summed E-state index contributed by atoms with van der Waals surface area (Å²) in [5.41, 5.74) is 3.16. The number of anilines is 1. The molecular formula is C12H15NO. The van der Waals surface area contributed by atoms with Crippen LogP contribution in [0.4, 0.5) is 5.69 Å². The van der Waals surface area contributed by atoms with Gasteiger partial charge in [0.2, 0.25) is 0 Å². The lowest BCUT2D eigenvalue weighted by atomic mass is 9.94. The van der Waals surface area contributed by atoms with Crippen LogP contribution in [0.3, 0.4) is 0 Å². The van der Waals surface area contributed by atoms with Gasteiger partial charge in [-0.15, -0.1) is 0 Å². The van der Waals surface area contributed by atoms with Crippen LogP contribution >= 0.6 is 0 Å². The lowest BCUT2D eigenvalue weighted by molar-refractivity contribution is 0.0974. The number of ketones is 1. The van der Waals surface area contributed by atoms with Crippen LogP contribution in [0, 0.1) is 0 Å². The van der Waals surface area contributed by atoms with Crippen molar-refractivity contribution < 1.29 is 4.79 Å². The molecule has 1 aromatic rings. The fourth-order valence-corrected chi connectivity index (χ4v) is 1.98. The van der Waals surface area contributed by atoms with Crippen LogP contribution in [0.2, 0.25) is 0 Å². The Hall–Kier alpha value is -1.31. The molecule has 1 heterocycles. The SMILES string of the molecule is CCc1cccc2c1NC(C)CC2=O. The van der Waals surface area contributed by atoms with Crippen LogP contribution in [-0.2, 0) is 6.42 Å². The Morgan fingerprint density at radius 3 is 3.00 bits per heavy atom. The van der Waals surface area contributed by atoms with Crippen molar-refractivity contribution in [3.8, 4) is 0 Å². The summed E-state index contributed by atoms with van der Waals surface area (Å²) in [5, 5.41) is 3.39. The van der Waals surface area contributed by atoms with Crippen LogP contribution in [0.5, 0.6) is 0 Å². The number of rotatable bonds is 1. The first-order valence-corrected chi connectivity index (χ1v) is 5.14. The third-order valence-electron chi connectivity index (χ3n) is 2.71. The number of hydrogen-bond donors (Lipinski definition) is 1. The number of aryl methyl sites for hydroxylation is 1. The standard InChI is InChI=1S/C12H15NO/c1-3-9-5-4-6-10-11(14)7-8(2)13-12(9)10/h4-6,8,13H,3,7H2,1-2H3. The molecular weight excluding hydrogens is 174 g/mol. The summed E-state index contributed by atoms with van der Waals surface area (Å²) in [4.78, 5) is 11.7. The average Bonchev–Trinajstić information content (AvgIpc) is 2.17. The third kappa shape index (κ3) is 1.41. The molecule has 1 unspecified atom stereocenters. The highest BCUT2D eigenvalue weighted by Crippen LogP contribution is 2.28. The molecule has 74 valence electrons. The normalized spacial score (nSPS) is 20.1. The van der Waals surface area contributed by atoms with Crippen LogP contribution in [0.1, 0.15) is 36.2 Å². The number of Topliss-reactive ketones (excluding diaryl/α,β-unsaturated/α-hetero) is 1. The van der Waals surface area contributed by atoms with Crippen molar-refractivity contribution in [2.75, 3.05) is 5.32 Å². The molecule has 0 saturated heterocycles. The van der Waals surface area contributed by atoms with Gasteiger partial charge < -0.3 is 5.32 Å². The van der Waals surface area contributed by atoms with E-state index in [1.807, 2.05) is 19.1 Å². The highest BCUT2D eigenvalue weighted by atomic mass is 16.1. The molecule has 0 aromatic heterocycles. The largest absolute Gasteiger partial charge is 0.381 e. The quantitative estimate of drug-likeness (QED) is 0.735. The van der Waals surface area contributed by atoms with Gasteiger partial charge in [-0.2, -0.15) is 0 Å². The molecule has 1 aliphatic rings. The third-order valence-corrected chi connectivity index (χ3v) is 2.71. The zero-order valence-electron chi connectivity index (χ0n) is 8.63. The second kappa shape index (κ2) is 3.45. The maximum absolute atomic E-state index is 11.7. The summed E-state index contributed by atoms with van der Waals surface area (Å²) in [6, 6.07) is 6.22. The van der Waals surface area contributed by atoms with Crippen LogP contribution in [0.15, 0.2) is 18.2 Å². The lowest BCUT2D eigenvalue weighted by Gasteiger charge is -2.25. The first-order chi connectivity index (χ1) is 6.72. The summed E-state index contributed by atoms with van der Waals surface area (Å²) >= 11 is 0. The van der Waals surface area contributed by atoms with Crippen molar-refractivity contribution in [2.24, 2.45) is 0 Å². The number of fused-ring (bicyclic) bond motifs is 1. The van der Waals surface area contributed by atoms with E-state index in [9.17, 15) is 4.79 Å². The molecule has 0 spiro atoms. The zero-order chi connectivity index (χ0) is 10.1. The van der Waals surface area contributed by atoms with Gasteiger partial charge in [0.25, 0.3) is 0 Å². The highest BCUT2D eigenvalue weighted by Gasteiger charge is 2.22. The molecule has 0 amide bonds. The maximum atomic E-state index is 11.7. The molecule has 2 nitrogen and oxygen atoms in total. The number of nitrogens with one attached hydrogen (secondary N) is 1. The predicted octanol–water partition coefficient (Wildman–Crippen LogP) is 2.64. The maximum Gasteiger partial charge on any atom is 0.166 e. The average molecular weight is 189 g/mol. The Bertz CT molecular complexity index is 371. The van der Waals surface area contributed by atoms with Crippen molar-refractivity contribution in [3.05, 3.63) is 29.3 Å². The molecule has 1 aliphatic heterocycles. The van der Waals surface area contributed by atoms with Crippen LogP contribution in [0.25, 0.3) is 0 Å². The van der Waals surface area contributed by atoms with Crippen molar-refractivity contribution in [2.45, 2.75) is 32.7 Å². The summed E-state index contributed by atoms with van der Waals surface area (Å²) < 4.78 is 0. The van der Waals surface area contributed by atoms with Crippen molar-refractivity contribution in [1.82, 2.24) is 0 Å². The topological polar surface area (TPSA) is 29.1 Å². The lowest BCUT2D eigenvalue weighted by Crippen LogP contribution is -2.27. The van der Waals surface area contributed by atoms with Crippen molar-refractivity contribution in [1.29, 1.82) is 0 Å². The van der Waals surface area contributed by atoms with Crippen LogP contribution in [-0.4, -0.2) is 11.8 Å². The Labute approximate surface area is 84.3 Å². The summed E-state index contributed by atoms with van der Waals surface area (Å²) in [7, 11) is 0. The van der Waals surface area contributed by atoms with E-state index < -0.39 is 0 Å². The molecule has 1 atom stereocenters. The summed E-state index contributed by atoms with van der Waals surface area (Å²) in [5.74, 6) is 0.265. The zero-order valence-corrected chi connectivity index (χ0v) is 8.63. The van der Waals surface area contributed by atoms with E-state index in [1.54, 1.807) is 0 Å². The first kappa shape index (κ1) is 9.25. The molecule has 1 N–H and O–H groups in total. The summed E-state index contributed by atoms with van der Waals surface area (Å²) in [6.07, 6.45) is 1.58. The predicted molar refractivity (Wildman–Crippen MR) is 57.9 cm³/mol. The number of carbonyl (C=O) groups excluding carboxylic acids is 1. The molecule has 1 aromatic carbocycles. The minimum Gasteiger partial charge on any atom is -0.381 e. The monoisotopic (exact) mass is 189 g/mol. The van der Waals surface area contributed by atoms with Crippen LogP contribution < -0.4 is 5.32 Å². The van der Waals surface area contributed by atoms with E-state index in [0.29, 0.717) is 6.42 Å². The van der Waals surface area contributed by atoms with E-state index in [2.05, 4.69) is 18.3 Å². The van der Waals surface area contributed by atoms with Gasteiger partial charge >= 0.3 is 0 Å². The van der Waals surface area contributed by atoms with E-state index >= 15 is 0 Å². The van der Waals surface area contributed by atoms with E-state index in [-0.39, 0.29) is 11.8 Å². The molecule has 0 fully saturated rings. The minimum atomic E-state index is 0.265. The molecule has 2 rings (SSSR count). The van der Waals surface area contributed by atoms with Gasteiger partial charge in [-0.1, -0.05) is 19.1 Å². The van der Waals surface area contributed by atoms with E-state index in [1.165, 1.54) is 5.56 Å². The first-order valence-electron chi connectivity index (χ1n) is 5.14. The fourth-order valence-electron chi connectivity index (χ4n) is 1.98. The van der Waals surface area contributed by atoms with E-state index in [4.69, 9.17) is 0 Å². The number of hydrogen-bond acceptors (Lipinski definition) is 2. The van der Waals surface area contributed by atoms with Gasteiger partial charge in [0.1, 0.15) is 0 Å². The highest BCUT2D eigenvalue weighted by molar-refractivity contribution is 6.04. The van der Waals surface area contributed by atoms with Gasteiger partial charge in [-0.3, -0.25) is 4.79 Å². The molecule has 0 aliphatic carbocycles. The molecule has 0 bridgehead atoms. The second-order valence-corrected chi connectivity index (χ2v) is 3.87. The molecule has 0 saturated carbocycles. The Kier molecular flexibility index (Phi) is 2.28.